The SMILES string of the molecule is COc1ncc(-c2ccc3nc(N)n(-c4cccc(C(=O)N5CCOCC5)c4)c(=O)c3c2)cc1C. The first-order valence-corrected chi connectivity index (χ1v) is 11.3. The number of methoxy groups -OCH3 is 1. The fourth-order valence-electron chi connectivity index (χ4n) is 4.29. The molecule has 1 saturated heterocycles. The van der Waals surface area contributed by atoms with Crippen molar-refractivity contribution in [1.29, 1.82) is 0 Å². The van der Waals surface area contributed by atoms with E-state index in [9.17, 15) is 9.59 Å². The Morgan fingerprint density at radius 3 is 2.63 bits per heavy atom. The van der Waals surface area contributed by atoms with Crippen molar-refractivity contribution in [2.24, 2.45) is 0 Å². The number of fused-ring (bicyclic) bond motifs is 1. The molecule has 1 amide bonds. The number of amides is 1. The largest absolute Gasteiger partial charge is 0.481 e. The van der Waals surface area contributed by atoms with Gasteiger partial charge in [0.2, 0.25) is 11.8 Å². The van der Waals surface area contributed by atoms with Gasteiger partial charge in [-0.25, -0.2) is 14.5 Å². The first-order chi connectivity index (χ1) is 17.0. The second-order valence-corrected chi connectivity index (χ2v) is 8.35. The fourth-order valence-corrected chi connectivity index (χ4v) is 4.29. The number of aryl methyl sites for hydroxylation is 1. The van der Waals surface area contributed by atoms with E-state index >= 15 is 0 Å². The summed E-state index contributed by atoms with van der Waals surface area (Å²) in [6.45, 7) is 4.00. The number of hydrogen-bond acceptors (Lipinski definition) is 7. The number of morpholine rings is 1. The van der Waals surface area contributed by atoms with E-state index in [1.165, 1.54) is 4.57 Å². The Labute approximate surface area is 201 Å². The van der Waals surface area contributed by atoms with Crippen LogP contribution in [0, 0.1) is 6.92 Å². The minimum Gasteiger partial charge on any atom is -0.481 e. The average molecular weight is 472 g/mol. The molecule has 1 fully saturated rings. The van der Waals surface area contributed by atoms with Crippen molar-refractivity contribution in [3.8, 4) is 22.7 Å². The highest BCUT2D eigenvalue weighted by atomic mass is 16.5. The standard InChI is InChI=1S/C26H25N5O4/c1-16-12-19(15-28-23(16)34-2)17-6-7-22-21(14-17)25(33)31(26(27)29-22)20-5-3-4-18(13-20)24(32)30-8-10-35-11-9-30/h3-7,12-15H,8-11H2,1-2H3,(H2,27,29). The molecule has 35 heavy (non-hydrogen) atoms. The van der Waals surface area contributed by atoms with Gasteiger partial charge in [-0.3, -0.25) is 9.59 Å². The van der Waals surface area contributed by atoms with Crippen LogP contribution in [0.1, 0.15) is 15.9 Å². The zero-order valence-electron chi connectivity index (χ0n) is 19.5. The van der Waals surface area contributed by atoms with Gasteiger partial charge in [0.05, 0.1) is 36.9 Å². The van der Waals surface area contributed by atoms with Gasteiger partial charge in [-0.15, -0.1) is 0 Å². The lowest BCUT2D eigenvalue weighted by molar-refractivity contribution is 0.0303. The molecule has 3 heterocycles. The van der Waals surface area contributed by atoms with E-state index < -0.39 is 0 Å². The second-order valence-electron chi connectivity index (χ2n) is 8.35. The molecule has 0 radical (unpaired) electrons. The van der Waals surface area contributed by atoms with Crippen LogP contribution in [0.25, 0.3) is 27.7 Å². The van der Waals surface area contributed by atoms with E-state index in [1.54, 1.807) is 54.6 Å². The number of carbonyl (C=O) groups is 1. The number of carbonyl (C=O) groups excluding carboxylic acids is 1. The number of rotatable bonds is 4. The Morgan fingerprint density at radius 2 is 1.89 bits per heavy atom. The van der Waals surface area contributed by atoms with Crippen LogP contribution in [0.4, 0.5) is 5.95 Å². The molecule has 9 nitrogen and oxygen atoms in total. The minimum absolute atomic E-state index is 0.0492. The van der Waals surface area contributed by atoms with Crippen LogP contribution in [0.3, 0.4) is 0 Å². The van der Waals surface area contributed by atoms with Crippen molar-refractivity contribution in [2.45, 2.75) is 6.92 Å². The summed E-state index contributed by atoms with van der Waals surface area (Å²) >= 11 is 0. The normalized spacial score (nSPS) is 13.7. The summed E-state index contributed by atoms with van der Waals surface area (Å²) in [4.78, 5) is 37.1. The van der Waals surface area contributed by atoms with Crippen LogP contribution in [-0.4, -0.2) is 58.8 Å². The summed E-state index contributed by atoms with van der Waals surface area (Å²) in [5.74, 6) is 0.492. The molecule has 2 N–H and O–H groups in total. The summed E-state index contributed by atoms with van der Waals surface area (Å²) in [5.41, 5.74) is 9.90. The fraction of sp³-hybridized carbons (Fsp3) is 0.231. The Hall–Kier alpha value is -4.24. The Balaban J connectivity index is 1.58. The van der Waals surface area contributed by atoms with Gasteiger partial charge in [0.25, 0.3) is 11.5 Å². The molecule has 5 rings (SSSR count). The molecule has 0 spiro atoms. The summed E-state index contributed by atoms with van der Waals surface area (Å²) < 4.78 is 11.9. The minimum atomic E-state index is -0.316. The van der Waals surface area contributed by atoms with Crippen LogP contribution in [0.2, 0.25) is 0 Å². The summed E-state index contributed by atoms with van der Waals surface area (Å²) in [6.07, 6.45) is 1.71. The van der Waals surface area contributed by atoms with Crippen molar-refractivity contribution < 1.29 is 14.3 Å². The zero-order chi connectivity index (χ0) is 24.5. The molecule has 178 valence electrons. The number of aromatic nitrogens is 3. The van der Waals surface area contributed by atoms with Crippen molar-refractivity contribution in [1.82, 2.24) is 19.4 Å². The van der Waals surface area contributed by atoms with Crippen molar-refractivity contribution >= 4 is 22.8 Å². The third-order valence-corrected chi connectivity index (χ3v) is 6.10. The molecule has 4 aromatic rings. The maximum absolute atomic E-state index is 13.6. The Bertz CT molecular complexity index is 1490. The highest BCUT2D eigenvalue weighted by Crippen LogP contribution is 2.26. The van der Waals surface area contributed by atoms with Crippen LogP contribution in [0.5, 0.6) is 5.88 Å². The van der Waals surface area contributed by atoms with E-state index in [0.717, 1.165) is 16.7 Å². The van der Waals surface area contributed by atoms with Gasteiger partial charge in [0.1, 0.15) is 0 Å². The van der Waals surface area contributed by atoms with Gasteiger partial charge in [0, 0.05) is 36.0 Å². The summed E-state index contributed by atoms with van der Waals surface area (Å²) in [7, 11) is 1.58. The molecule has 1 aliphatic rings. The van der Waals surface area contributed by atoms with Crippen molar-refractivity contribution in [2.75, 3.05) is 39.1 Å². The number of nitrogens with two attached hydrogens (primary N) is 1. The van der Waals surface area contributed by atoms with Gasteiger partial charge in [-0.1, -0.05) is 12.1 Å². The van der Waals surface area contributed by atoms with Gasteiger partial charge in [-0.05, 0) is 48.9 Å². The number of nitrogens with zero attached hydrogens (tertiary/aromatic N) is 4. The van der Waals surface area contributed by atoms with E-state index in [2.05, 4.69) is 9.97 Å². The summed E-state index contributed by atoms with van der Waals surface area (Å²) in [6, 6.07) is 14.3. The van der Waals surface area contributed by atoms with Gasteiger partial charge in [0.15, 0.2) is 0 Å². The van der Waals surface area contributed by atoms with E-state index in [1.807, 2.05) is 19.1 Å². The first-order valence-electron chi connectivity index (χ1n) is 11.3. The molecule has 2 aromatic heterocycles. The predicted molar refractivity (Wildman–Crippen MR) is 133 cm³/mol. The molecule has 9 heteroatoms. The maximum atomic E-state index is 13.6. The monoisotopic (exact) mass is 471 g/mol. The van der Waals surface area contributed by atoms with Crippen LogP contribution < -0.4 is 16.0 Å². The molecule has 1 aliphatic heterocycles. The molecule has 0 atom stereocenters. The number of hydrogen-bond donors (Lipinski definition) is 1. The quantitative estimate of drug-likeness (QED) is 0.487. The lowest BCUT2D eigenvalue weighted by Gasteiger charge is -2.27. The molecule has 0 aliphatic carbocycles. The lowest BCUT2D eigenvalue weighted by atomic mass is 10.0. The molecule has 0 unspecified atom stereocenters. The van der Waals surface area contributed by atoms with E-state index in [-0.39, 0.29) is 17.4 Å². The third-order valence-electron chi connectivity index (χ3n) is 6.10. The lowest BCUT2D eigenvalue weighted by Crippen LogP contribution is -2.40. The first kappa shape index (κ1) is 22.5. The zero-order valence-corrected chi connectivity index (χ0v) is 19.5. The van der Waals surface area contributed by atoms with Gasteiger partial charge < -0.3 is 20.1 Å². The molecular formula is C26H25N5O4. The van der Waals surface area contributed by atoms with Crippen LogP contribution in [-0.2, 0) is 4.74 Å². The number of ether oxygens (including phenoxy) is 2. The van der Waals surface area contributed by atoms with Crippen molar-refractivity contribution in [3.05, 3.63) is 76.2 Å². The van der Waals surface area contributed by atoms with E-state index in [0.29, 0.717) is 54.3 Å². The number of pyridine rings is 1. The Morgan fingerprint density at radius 1 is 1.09 bits per heavy atom. The smallest absolute Gasteiger partial charge is 0.267 e. The molecule has 2 aromatic carbocycles. The highest BCUT2D eigenvalue weighted by Gasteiger charge is 2.20. The maximum Gasteiger partial charge on any atom is 0.267 e. The molecular weight excluding hydrogens is 446 g/mol. The van der Waals surface area contributed by atoms with Crippen LogP contribution >= 0.6 is 0 Å². The second kappa shape index (κ2) is 9.19. The molecule has 0 saturated carbocycles. The average Bonchev–Trinajstić information content (AvgIpc) is 2.89. The van der Waals surface area contributed by atoms with E-state index in [4.69, 9.17) is 15.2 Å². The number of anilines is 1. The van der Waals surface area contributed by atoms with Crippen molar-refractivity contribution in [3.63, 3.8) is 0 Å². The molecule has 0 bridgehead atoms. The van der Waals surface area contributed by atoms with Crippen LogP contribution in [0.15, 0.2) is 59.5 Å². The third kappa shape index (κ3) is 4.22. The van der Waals surface area contributed by atoms with Gasteiger partial charge in [-0.2, -0.15) is 0 Å². The predicted octanol–water partition coefficient (Wildman–Crippen LogP) is 2.82. The number of benzene rings is 2. The highest BCUT2D eigenvalue weighted by molar-refractivity contribution is 5.95. The Kier molecular flexibility index (Phi) is 5.92. The van der Waals surface area contributed by atoms with Gasteiger partial charge >= 0.3 is 0 Å². The topological polar surface area (TPSA) is 113 Å². The number of nitrogen functional groups attached to an aromatic ring is 1. The summed E-state index contributed by atoms with van der Waals surface area (Å²) in [5, 5.41) is 0.412.